The van der Waals surface area contributed by atoms with E-state index in [-0.39, 0.29) is 25.4 Å². The van der Waals surface area contributed by atoms with Crippen LogP contribution >= 0.6 is 0 Å². The van der Waals surface area contributed by atoms with Crippen molar-refractivity contribution in [3.63, 3.8) is 0 Å². The molecule has 0 saturated carbocycles. The van der Waals surface area contributed by atoms with Gasteiger partial charge < -0.3 is 25.2 Å². The number of aliphatic hydroxyl groups is 1. The molecule has 1 spiro atoms. The number of nitrogens with zero attached hydrogens (tertiary/aromatic N) is 3. The fraction of sp³-hybridized carbons (Fsp3) is 0.241. The van der Waals surface area contributed by atoms with Crippen LogP contribution in [0, 0.1) is 17.8 Å². The average Bonchev–Trinajstić information content (AvgIpc) is 3.84. The van der Waals surface area contributed by atoms with Crippen molar-refractivity contribution in [2.45, 2.75) is 49.2 Å². The van der Waals surface area contributed by atoms with Gasteiger partial charge in [0.1, 0.15) is 29.9 Å². The first-order chi connectivity index (χ1) is 34.1. The number of carbonyl (C=O) groups excluding carboxylic acids is 4. The minimum Gasteiger partial charge on any atom is -0.491 e. The number of cyclic esters (lactones) is 1. The zero-order chi connectivity index (χ0) is 48.8. The zero-order valence-corrected chi connectivity index (χ0v) is 39.1. The number of imide groups is 1. The monoisotopic (exact) mass is 933 g/mol. The molecule has 7 unspecified atom stereocenters. The Balaban J connectivity index is 1.30. The molecule has 3 N–H and O–H groups in total. The van der Waals surface area contributed by atoms with Gasteiger partial charge in [0.05, 0.1) is 42.9 Å². The van der Waals surface area contributed by atoms with Crippen LogP contribution in [0.1, 0.15) is 70.1 Å². The molecule has 3 heterocycles. The smallest absolute Gasteiger partial charge is 0.329 e. The summed E-state index contributed by atoms with van der Waals surface area (Å²) in [6.07, 6.45) is 0.633. The zero-order valence-electron chi connectivity index (χ0n) is 39.1. The molecule has 0 aliphatic carbocycles. The predicted octanol–water partition coefficient (Wildman–Crippen LogP) is 7.98. The lowest BCUT2D eigenvalue weighted by Gasteiger charge is -2.46. The van der Waals surface area contributed by atoms with Crippen LogP contribution < -0.4 is 20.3 Å². The summed E-state index contributed by atoms with van der Waals surface area (Å²) in [6.45, 7) is 6.55. The lowest BCUT2D eigenvalue weighted by Crippen LogP contribution is -2.56. The van der Waals surface area contributed by atoms with Crippen LogP contribution in [-0.2, 0) is 31.1 Å². The first-order valence-electron chi connectivity index (χ1n) is 23.5. The number of ether oxygens (including phenoxy) is 2. The maximum absolute atomic E-state index is 16.6. The molecule has 354 valence electrons. The Kier molecular flexibility index (Phi) is 14.0. The second-order valence-corrected chi connectivity index (χ2v) is 17.9. The van der Waals surface area contributed by atoms with E-state index >= 15 is 19.2 Å². The van der Waals surface area contributed by atoms with Crippen molar-refractivity contribution in [3.05, 3.63) is 215 Å². The van der Waals surface area contributed by atoms with Crippen molar-refractivity contribution in [3.8, 4) is 17.6 Å². The molecule has 0 radical (unpaired) electrons. The molecule has 12 heteroatoms. The molecule has 6 aromatic rings. The van der Waals surface area contributed by atoms with E-state index in [9.17, 15) is 5.11 Å². The highest BCUT2D eigenvalue weighted by molar-refractivity contribution is 6.24. The summed E-state index contributed by atoms with van der Waals surface area (Å²) in [4.78, 5) is 67.7. The number of hydrogen-bond acceptors (Lipinski definition) is 9. The van der Waals surface area contributed by atoms with Crippen LogP contribution in [-0.4, -0.2) is 78.1 Å². The first kappa shape index (κ1) is 47.3. The Morgan fingerprint density at radius 2 is 1.50 bits per heavy atom. The molecule has 2 fully saturated rings. The molecule has 2 saturated heterocycles. The van der Waals surface area contributed by atoms with Crippen molar-refractivity contribution < 1.29 is 33.8 Å². The van der Waals surface area contributed by atoms with Crippen molar-refractivity contribution in [1.29, 1.82) is 0 Å². The van der Waals surface area contributed by atoms with Crippen molar-refractivity contribution in [2.24, 2.45) is 5.92 Å². The van der Waals surface area contributed by atoms with Crippen LogP contribution in [0.3, 0.4) is 0 Å². The second kappa shape index (κ2) is 20.8. The third-order valence-corrected chi connectivity index (χ3v) is 13.4. The summed E-state index contributed by atoms with van der Waals surface area (Å²) in [5.41, 5.74) is 3.10. The van der Waals surface area contributed by atoms with Gasteiger partial charge in [-0.15, -0.1) is 6.58 Å². The molecule has 7 atom stereocenters. The summed E-state index contributed by atoms with van der Waals surface area (Å²) in [7, 11) is 1.99. The molecule has 6 aromatic carbocycles. The van der Waals surface area contributed by atoms with Gasteiger partial charge in [-0.2, -0.15) is 0 Å². The van der Waals surface area contributed by atoms with Crippen LogP contribution in [0.2, 0.25) is 0 Å². The van der Waals surface area contributed by atoms with Crippen LogP contribution in [0.4, 0.5) is 10.5 Å². The number of benzene rings is 6. The second-order valence-electron chi connectivity index (χ2n) is 17.9. The normalized spacial score (nSPS) is 21.8. The fourth-order valence-corrected chi connectivity index (χ4v) is 10.5. The van der Waals surface area contributed by atoms with Crippen LogP contribution in [0.5, 0.6) is 5.75 Å². The number of nitrogens with one attached hydrogen (secondary N) is 2. The lowest BCUT2D eigenvalue weighted by molar-refractivity contribution is -0.178. The van der Waals surface area contributed by atoms with Crippen molar-refractivity contribution in [1.82, 2.24) is 20.4 Å². The van der Waals surface area contributed by atoms with E-state index in [1.807, 2.05) is 134 Å². The molecular weight excluding hydrogens is 879 g/mol. The number of amides is 4. The highest BCUT2D eigenvalue weighted by atomic mass is 16.6. The molecule has 9 rings (SSSR count). The van der Waals surface area contributed by atoms with Gasteiger partial charge >= 0.3 is 12.0 Å². The third kappa shape index (κ3) is 8.98. The average molecular weight is 934 g/mol. The van der Waals surface area contributed by atoms with Gasteiger partial charge in [0.2, 0.25) is 11.8 Å². The molecule has 3 aliphatic rings. The largest absolute Gasteiger partial charge is 0.491 e. The number of rotatable bonds is 14. The van der Waals surface area contributed by atoms with E-state index in [1.54, 1.807) is 36.4 Å². The highest BCUT2D eigenvalue weighted by Crippen LogP contribution is 2.66. The number of morpholine rings is 1. The third-order valence-electron chi connectivity index (χ3n) is 13.4. The van der Waals surface area contributed by atoms with Gasteiger partial charge in [-0.25, -0.2) is 9.69 Å². The molecule has 0 aromatic heterocycles. The number of hydrogen-bond donors (Lipinski definition) is 3. The fourth-order valence-electron chi connectivity index (χ4n) is 10.5. The Morgan fingerprint density at radius 1 is 0.843 bits per heavy atom. The van der Waals surface area contributed by atoms with Gasteiger partial charge in [0.15, 0.2) is 0 Å². The van der Waals surface area contributed by atoms with Crippen molar-refractivity contribution in [2.75, 3.05) is 38.3 Å². The lowest BCUT2D eigenvalue weighted by atomic mass is 9.65. The van der Waals surface area contributed by atoms with Crippen LogP contribution in [0.25, 0.3) is 0 Å². The van der Waals surface area contributed by atoms with E-state index < -0.39 is 65.4 Å². The molecule has 12 nitrogen and oxygen atoms in total. The minimum absolute atomic E-state index is 0.00882. The van der Waals surface area contributed by atoms with Gasteiger partial charge in [0, 0.05) is 18.7 Å². The van der Waals surface area contributed by atoms with Gasteiger partial charge in [-0.1, -0.05) is 151 Å². The quantitative estimate of drug-likeness (QED) is 0.0564. The van der Waals surface area contributed by atoms with Gasteiger partial charge in [-0.3, -0.25) is 24.2 Å². The Labute approximate surface area is 408 Å². The predicted molar refractivity (Wildman–Crippen MR) is 267 cm³/mol. The van der Waals surface area contributed by atoms with Crippen LogP contribution in [0.15, 0.2) is 176 Å². The molecule has 0 bridgehead atoms. The maximum Gasteiger partial charge on any atom is 0.329 e. The summed E-state index contributed by atoms with van der Waals surface area (Å²) in [5.74, 6) is 3.53. The standard InChI is InChI=1S/C58H55N5O7/c1-4-32-59-54(65)49-51-55(66)70-52(44-26-15-8-16-27-44)50(43-24-13-7-14-25-43)63(51)53(45-28-17-29-46(37-45)69-35-34-64)58(49)47-36-40(21-18-33-61(3)38-41-19-9-5-10-20-41)30-31-48(47)62(56(58)67)57(68)60-39(2)42-22-11-6-12-23-42/h4-17,19-20,22-31,36-37,39,49-53,64H,1,32-35,38H2,2-3H3,(H,59,65)(H,60,68). The molecule has 3 aliphatic heterocycles. The van der Waals surface area contributed by atoms with E-state index in [4.69, 9.17) is 9.47 Å². The summed E-state index contributed by atoms with van der Waals surface area (Å²) in [5, 5.41) is 15.9. The number of carbonyl (C=O) groups is 4. The van der Waals surface area contributed by atoms with E-state index in [2.05, 4.69) is 46.1 Å². The Bertz CT molecular complexity index is 2930. The summed E-state index contributed by atoms with van der Waals surface area (Å²) < 4.78 is 12.6. The SMILES string of the molecule is C=CCNC(=O)C1C2C(=O)OC(c3ccccc3)C(c3ccccc3)N2C(c2cccc(OCCO)c2)C12C(=O)N(C(=O)NC(C)c1ccccc1)c1ccc(C#CCN(C)Cc3ccccc3)cc12. The number of anilines is 1. The molecule has 4 amide bonds. The van der Waals surface area contributed by atoms with Crippen molar-refractivity contribution >= 4 is 29.5 Å². The number of urea groups is 1. The minimum atomic E-state index is -1.99. The van der Waals surface area contributed by atoms with E-state index in [0.717, 1.165) is 21.6 Å². The van der Waals surface area contributed by atoms with Gasteiger partial charge in [0.25, 0.3) is 0 Å². The summed E-state index contributed by atoms with van der Waals surface area (Å²) >= 11 is 0. The van der Waals surface area contributed by atoms with E-state index in [1.165, 1.54) is 6.08 Å². The number of aliphatic hydroxyl groups excluding tert-OH is 1. The topological polar surface area (TPSA) is 141 Å². The molecule has 70 heavy (non-hydrogen) atoms. The summed E-state index contributed by atoms with van der Waals surface area (Å²) in [6, 6.07) is 46.5. The number of fused-ring (bicyclic) bond motifs is 3. The number of esters is 1. The highest BCUT2D eigenvalue weighted by Gasteiger charge is 2.75. The molecular formula is C58H55N5O7. The maximum atomic E-state index is 16.6. The first-order valence-corrected chi connectivity index (χ1v) is 23.5. The van der Waals surface area contributed by atoms with E-state index in [0.29, 0.717) is 41.1 Å². The van der Waals surface area contributed by atoms with Gasteiger partial charge in [-0.05, 0) is 77.7 Å². The Hall–Kier alpha value is -7.82. The Morgan fingerprint density at radius 3 is 2.19 bits per heavy atom.